The third kappa shape index (κ3) is 5.93. The highest BCUT2D eigenvalue weighted by molar-refractivity contribution is 7.09. The fraction of sp³-hybridized carbons (Fsp3) is 0.750. The van der Waals surface area contributed by atoms with Crippen molar-refractivity contribution in [3.8, 4) is 0 Å². The molecule has 124 valence electrons. The van der Waals surface area contributed by atoms with Crippen LogP contribution >= 0.6 is 11.3 Å². The van der Waals surface area contributed by atoms with Gasteiger partial charge in [-0.1, -0.05) is 13.8 Å². The fourth-order valence-electron chi connectivity index (χ4n) is 2.15. The van der Waals surface area contributed by atoms with E-state index in [4.69, 9.17) is 0 Å². The molecule has 1 atom stereocenters. The number of rotatable bonds is 8. The van der Waals surface area contributed by atoms with Gasteiger partial charge in [-0.3, -0.25) is 0 Å². The predicted octanol–water partition coefficient (Wildman–Crippen LogP) is 3.01. The molecule has 2 rings (SSSR count). The Balaban J connectivity index is 1.66. The van der Waals surface area contributed by atoms with Gasteiger partial charge < -0.3 is 15.7 Å². The van der Waals surface area contributed by atoms with Crippen molar-refractivity contribution in [1.82, 2.24) is 15.6 Å². The number of carbonyl (C=O) groups excluding carboxylic acids is 1. The van der Waals surface area contributed by atoms with Crippen LogP contribution in [0.5, 0.6) is 0 Å². The molecule has 0 aliphatic heterocycles. The van der Waals surface area contributed by atoms with Gasteiger partial charge in [0.15, 0.2) is 0 Å². The van der Waals surface area contributed by atoms with Gasteiger partial charge >= 0.3 is 6.03 Å². The molecule has 1 aromatic rings. The monoisotopic (exact) mass is 325 g/mol. The lowest BCUT2D eigenvalue weighted by Gasteiger charge is -2.24. The maximum atomic E-state index is 11.8. The molecule has 3 N–H and O–H groups in total. The van der Waals surface area contributed by atoms with E-state index in [9.17, 15) is 9.90 Å². The summed E-state index contributed by atoms with van der Waals surface area (Å²) in [5.74, 6) is 1.20. The largest absolute Gasteiger partial charge is 0.388 e. The lowest BCUT2D eigenvalue weighted by molar-refractivity contribution is 0.0476. The molecule has 1 aromatic heterocycles. The van der Waals surface area contributed by atoms with Gasteiger partial charge in [-0.05, 0) is 38.5 Å². The maximum Gasteiger partial charge on any atom is 0.315 e. The Morgan fingerprint density at radius 2 is 2.23 bits per heavy atom. The Morgan fingerprint density at radius 3 is 2.86 bits per heavy atom. The number of nitrogens with one attached hydrogen (secondary N) is 2. The molecule has 0 aromatic carbocycles. The summed E-state index contributed by atoms with van der Waals surface area (Å²) in [6.45, 7) is 6.72. The number of amides is 2. The molecule has 5 nitrogen and oxygen atoms in total. The zero-order chi connectivity index (χ0) is 16.2. The standard InChI is InChI=1S/C16H27N3O2S/c1-11(2)6-7-16(3,21)10-18-15(20)17-8-14-19-13(9-22-14)12-4-5-12/h9,11-12,21H,4-8,10H2,1-3H3,(H2,17,18,20). The van der Waals surface area contributed by atoms with Crippen molar-refractivity contribution in [2.45, 2.75) is 64.5 Å². The minimum absolute atomic E-state index is 0.256. The molecule has 1 aliphatic carbocycles. The summed E-state index contributed by atoms with van der Waals surface area (Å²) in [5.41, 5.74) is 0.306. The zero-order valence-corrected chi connectivity index (χ0v) is 14.5. The smallest absolute Gasteiger partial charge is 0.315 e. The number of hydrogen-bond acceptors (Lipinski definition) is 4. The minimum atomic E-state index is -0.859. The van der Waals surface area contributed by atoms with Gasteiger partial charge in [-0.25, -0.2) is 9.78 Å². The molecule has 1 heterocycles. The second kappa shape index (κ2) is 7.42. The summed E-state index contributed by atoms with van der Waals surface area (Å²) in [6.07, 6.45) is 4.10. The molecule has 0 radical (unpaired) electrons. The second-order valence-electron chi connectivity index (χ2n) is 6.91. The van der Waals surface area contributed by atoms with E-state index in [1.165, 1.54) is 18.5 Å². The SMILES string of the molecule is CC(C)CCC(C)(O)CNC(=O)NCc1nc(C2CC2)cs1. The molecule has 1 fully saturated rings. The van der Waals surface area contributed by atoms with Crippen LogP contribution in [0.4, 0.5) is 4.79 Å². The summed E-state index contributed by atoms with van der Waals surface area (Å²) in [7, 11) is 0. The van der Waals surface area contributed by atoms with Crippen LogP contribution in [-0.4, -0.2) is 28.3 Å². The van der Waals surface area contributed by atoms with Gasteiger partial charge in [0.25, 0.3) is 0 Å². The predicted molar refractivity (Wildman–Crippen MR) is 89.0 cm³/mol. The number of nitrogens with zero attached hydrogens (tertiary/aromatic N) is 1. The molecule has 0 bridgehead atoms. The summed E-state index contributed by atoms with van der Waals surface area (Å²) >= 11 is 1.59. The normalized spacial score (nSPS) is 17.3. The fourth-order valence-corrected chi connectivity index (χ4v) is 2.97. The lowest BCUT2D eigenvalue weighted by Crippen LogP contribution is -2.44. The van der Waals surface area contributed by atoms with E-state index in [-0.39, 0.29) is 12.6 Å². The van der Waals surface area contributed by atoms with Gasteiger partial charge in [-0.15, -0.1) is 11.3 Å². The average molecular weight is 325 g/mol. The first kappa shape index (κ1) is 17.2. The molecule has 6 heteroatoms. The molecule has 1 saturated carbocycles. The molecule has 0 saturated heterocycles. The summed E-state index contributed by atoms with van der Waals surface area (Å²) < 4.78 is 0. The number of carbonyl (C=O) groups is 1. The maximum absolute atomic E-state index is 11.8. The van der Waals surface area contributed by atoms with Crippen LogP contribution in [-0.2, 0) is 6.54 Å². The first-order valence-corrected chi connectivity index (χ1v) is 8.92. The van der Waals surface area contributed by atoms with Crippen LogP contribution in [0.25, 0.3) is 0 Å². The number of hydrogen-bond donors (Lipinski definition) is 3. The third-order valence-corrected chi connectivity index (χ3v) is 4.72. The highest BCUT2D eigenvalue weighted by atomic mass is 32.1. The van der Waals surface area contributed by atoms with Crippen LogP contribution in [0.1, 0.15) is 63.1 Å². The molecule has 2 amide bonds. The third-order valence-electron chi connectivity index (χ3n) is 3.86. The molecule has 1 aliphatic rings. The van der Waals surface area contributed by atoms with E-state index in [0.717, 1.165) is 11.4 Å². The van der Waals surface area contributed by atoms with Crippen LogP contribution in [0, 0.1) is 5.92 Å². The first-order chi connectivity index (χ1) is 10.4. The van der Waals surface area contributed by atoms with Gasteiger partial charge in [0, 0.05) is 17.8 Å². The zero-order valence-electron chi connectivity index (χ0n) is 13.7. The summed E-state index contributed by atoms with van der Waals surface area (Å²) in [6, 6.07) is -0.256. The number of urea groups is 1. The molecule has 0 spiro atoms. The van der Waals surface area contributed by atoms with E-state index in [1.807, 2.05) is 0 Å². The minimum Gasteiger partial charge on any atom is -0.388 e. The number of aromatic nitrogens is 1. The lowest BCUT2D eigenvalue weighted by atomic mass is 9.95. The van der Waals surface area contributed by atoms with Gasteiger partial charge in [0.2, 0.25) is 0 Å². The van der Waals surface area contributed by atoms with E-state index in [2.05, 4.69) is 34.8 Å². The van der Waals surface area contributed by atoms with Crippen molar-refractivity contribution in [3.05, 3.63) is 16.1 Å². The topological polar surface area (TPSA) is 74.2 Å². The highest BCUT2D eigenvalue weighted by Crippen LogP contribution is 2.40. The van der Waals surface area contributed by atoms with Crippen LogP contribution in [0.15, 0.2) is 5.38 Å². The molecule has 1 unspecified atom stereocenters. The quantitative estimate of drug-likeness (QED) is 0.688. The Hall–Kier alpha value is -1.14. The van der Waals surface area contributed by atoms with Crippen molar-refractivity contribution in [3.63, 3.8) is 0 Å². The van der Waals surface area contributed by atoms with Crippen LogP contribution in [0.2, 0.25) is 0 Å². The van der Waals surface area contributed by atoms with Crippen molar-refractivity contribution >= 4 is 17.4 Å². The molecular formula is C16H27N3O2S. The average Bonchev–Trinajstić information content (AvgIpc) is 3.20. The van der Waals surface area contributed by atoms with Gasteiger partial charge in [0.05, 0.1) is 17.8 Å². The van der Waals surface area contributed by atoms with Crippen molar-refractivity contribution in [2.24, 2.45) is 5.92 Å². The molecule has 22 heavy (non-hydrogen) atoms. The van der Waals surface area contributed by atoms with Gasteiger partial charge in [0.1, 0.15) is 5.01 Å². The Kier molecular flexibility index (Phi) is 5.81. The Bertz CT molecular complexity index is 495. The second-order valence-corrected chi connectivity index (χ2v) is 7.85. The first-order valence-electron chi connectivity index (χ1n) is 8.04. The van der Waals surface area contributed by atoms with E-state index < -0.39 is 5.60 Å². The van der Waals surface area contributed by atoms with Gasteiger partial charge in [-0.2, -0.15) is 0 Å². The van der Waals surface area contributed by atoms with Crippen molar-refractivity contribution in [2.75, 3.05) is 6.54 Å². The van der Waals surface area contributed by atoms with Crippen LogP contribution < -0.4 is 10.6 Å². The number of thiazole rings is 1. The summed E-state index contributed by atoms with van der Waals surface area (Å²) in [4.78, 5) is 16.3. The van der Waals surface area contributed by atoms with Crippen molar-refractivity contribution in [1.29, 1.82) is 0 Å². The van der Waals surface area contributed by atoms with E-state index in [1.54, 1.807) is 18.3 Å². The molecular weight excluding hydrogens is 298 g/mol. The van der Waals surface area contributed by atoms with Crippen molar-refractivity contribution < 1.29 is 9.90 Å². The van der Waals surface area contributed by atoms with Crippen LogP contribution in [0.3, 0.4) is 0 Å². The Morgan fingerprint density at radius 1 is 1.50 bits per heavy atom. The highest BCUT2D eigenvalue weighted by Gasteiger charge is 2.26. The summed E-state index contributed by atoms with van der Waals surface area (Å²) in [5, 5.41) is 18.8. The van der Waals surface area contributed by atoms with E-state index >= 15 is 0 Å². The number of aliphatic hydroxyl groups is 1. The van der Waals surface area contributed by atoms with E-state index in [0.29, 0.717) is 24.8 Å². The Labute approximate surface area is 136 Å².